The summed E-state index contributed by atoms with van der Waals surface area (Å²) >= 11 is 2.51. The van der Waals surface area contributed by atoms with Gasteiger partial charge in [0.05, 0.1) is 6.04 Å². The quantitative estimate of drug-likeness (QED) is 0.368. The largest absolute Gasteiger partial charge is 0.503 e. The van der Waals surface area contributed by atoms with Gasteiger partial charge in [-0.1, -0.05) is 25.7 Å². The number of hydrogen-bond acceptors (Lipinski definition) is 10. The fourth-order valence-electron chi connectivity index (χ4n) is 3.04. The molecule has 170 valence electrons. The maximum Gasteiger partial charge on any atom is 0.324 e. The van der Waals surface area contributed by atoms with Crippen LogP contribution in [0.1, 0.15) is 43.0 Å². The van der Waals surface area contributed by atoms with Crippen molar-refractivity contribution in [1.82, 2.24) is 9.46 Å². The molecule has 0 radical (unpaired) electrons. The number of nitrogens with zero attached hydrogens (tertiary/aromatic N) is 3. The van der Waals surface area contributed by atoms with Crippen LogP contribution in [0, 0.1) is 12.1 Å². The zero-order valence-corrected chi connectivity index (χ0v) is 20.0. The molecule has 0 bridgehead atoms. The van der Waals surface area contributed by atoms with E-state index in [0.29, 0.717) is 0 Å². The molecule has 0 saturated carbocycles. The molecule has 31 heavy (non-hydrogen) atoms. The Morgan fingerprint density at radius 2 is 2.03 bits per heavy atom. The van der Waals surface area contributed by atoms with Crippen LogP contribution in [0.3, 0.4) is 0 Å². The van der Waals surface area contributed by atoms with Crippen LogP contribution in [-0.4, -0.2) is 36.1 Å². The van der Waals surface area contributed by atoms with Crippen LogP contribution >= 0.6 is 22.7 Å². The van der Waals surface area contributed by atoms with Crippen molar-refractivity contribution >= 4 is 50.0 Å². The highest BCUT2D eigenvalue weighted by Gasteiger charge is 2.31. The molecule has 3 N–H and O–H groups in total. The van der Waals surface area contributed by atoms with E-state index in [1.807, 2.05) is 26.0 Å². The summed E-state index contributed by atoms with van der Waals surface area (Å²) in [4.78, 5) is 2.42. The first kappa shape index (κ1) is 23.3. The summed E-state index contributed by atoms with van der Waals surface area (Å²) in [6.07, 6.45) is 0.737. The van der Waals surface area contributed by atoms with Gasteiger partial charge >= 0.3 is 5.82 Å². The van der Waals surface area contributed by atoms with Crippen LogP contribution in [0.4, 0.5) is 17.3 Å². The lowest BCUT2D eigenvalue weighted by molar-refractivity contribution is -0.790. The summed E-state index contributed by atoms with van der Waals surface area (Å²) in [7, 11) is -3.84. The Morgan fingerprint density at radius 3 is 2.61 bits per heavy atom. The number of aromatic nitrogens is 2. The number of aromatic hydroxyl groups is 1. The number of anilines is 3. The Bertz CT molecular complexity index is 1130. The fraction of sp³-hybridized carbons (Fsp3) is 0.444. The molecule has 0 unspecified atom stereocenters. The molecule has 3 rings (SSSR count). The first-order valence-corrected chi connectivity index (χ1v) is 12.9. The van der Waals surface area contributed by atoms with E-state index in [0.717, 1.165) is 27.5 Å². The fourth-order valence-corrected chi connectivity index (χ4v) is 6.89. The van der Waals surface area contributed by atoms with E-state index >= 15 is 0 Å². The zero-order chi connectivity index (χ0) is 22.8. The van der Waals surface area contributed by atoms with Crippen LogP contribution in [0.5, 0.6) is 5.75 Å². The Balaban J connectivity index is 1.88. The Kier molecular flexibility index (Phi) is 7.09. The topological polar surface area (TPSA) is 135 Å². The molecule has 1 atom stereocenters. The van der Waals surface area contributed by atoms with E-state index in [-0.39, 0.29) is 45.6 Å². The molecular formula is C18H25N5O5S3. The molecule has 0 amide bonds. The minimum absolute atomic E-state index is 0.0756. The molecule has 3 aromatic heterocycles. The maximum absolute atomic E-state index is 12.7. The second kappa shape index (κ2) is 9.42. The summed E-state index contributed by atoms with van der Waals surface area (Å²) in [5.41, 5.74) is 0.0756. The van der Waals surface area contributed by atoms with Gasteiger partial charge in [-0.05, 0) is 30.6 Å². The summed E-state index contributed by atoms with van der Waals surface area (Å²) in [6, 6.07) is 3.93. The lowest BCUT2D eigenvalue weighted by Gasteiger charge is -2.17. The van der Waals surface area contributed by atoms with Gasteiger partial charge in [-0.3, -0.25) is 5.32 Å². The smallest absolute Gasteiger partial charge is 0.324 e. The second-order valence-corrected chi connectivity index (χ2v) is 11.0. The van der Waals surface area contributed by atoms with E-state index in [4.69, 9.17) is 4.63 Å². The highest BCUT2D eigenvalue weighted by molar-refractivity contribution is 7.91. The predicted octanol–water partition coefficient (Wildman–Crippen LogP) is 3.78. The van der Waals surface area contributed by atoms with Gasteiger partial charge in [0.15, 0.2) is 15.6 Å². The zero-order valence-electron chi connectivity index (χ0n) is 17.6. The molecule has 0 aliphatic heterocycles. The molecule has 0 aromatic carbocycles. The average Bonchev–Trinajstić information content (AvgIpc) is 3.42. The number of thiophene rings is 2. The van der Waals surface area contributed by atoms with Crippen molar-refractivity contribution in [2.24, 2.45) is 0 Å². The van der Waals surface area contributed by atoms with Gasteiger partial charge < -0.3 is 20.3 Å². The lowest BCUT2D eigenvalue weighted by atomic mass is 10.2. The van der Waals surface area contributed by atoms with Crippen molar-refractivity contribution in [1.29, 1.82) is 0 Å². The van der Waals surface area contributed by atoms with E-state index in [9.17, 15) is 18.7 Å². The summed E-state index contributed by atoms with van der Waals surface area (Å²) in [5.74, 6) is -0.372. The van der Waals surface area contributed by atoms with Gasteiger partial charge in [-0.2, -0.15) is 4.31 Å². The molecule has 0 saturated heterocycles. The normalized spacial score (nSPS) is 12.9. The molecule has 13 heteroatoms. The monoisotopic (exact) mass is 487 g/mol. The van der Waals surface area contributed by atoms with Crippen LogP contribution in [0.15, 0.2) is 26.4 Å². The van der Waals surface area contributed by atoms with E-state index in [2.05, 4.69) is 15.8 Å². The van der Waals surface area contributed by atoms with Crippen molar-refractivity contribution < 1.29 is 23.1 Å². The molecule has 0 aliphatic carbocycles. The van der Waals surface area contributed by atoms with Crippen molar-refractivity contribution in [3.8, 4) is 5.75 Å². The van der Waals surface area contributed by atoms with Crippen LogP contribution in [-0.2, 0) is 10.0 Å². The van der Waals surface area contributed by atoms with Crippen molar-refractivity contribution in [2.75, 3.05) is 23.7 Å². The summed E-state index contributed by atoms with van der Waals surface area (Å²) in [5, 5.41) is 33.8. The third-order valence-corrected chi connectivity index (χ3v) is 9.36. The Morgan fingerprint density at radius 1 is 1.32 bits per heavy atom. The van der Waals surface area contributed by atoms with Gasteiger partial charge in [0, 0.05) is 28.2 Å². The molecule has 3 aromatic rings. The van der Waals surface area contributed by atoms with Gasteiger partial charge in [-0.25, -0.2) is 8.42 Å². The highest BCUT2D eigenvalue weighted by Crippen LogP contribution is 2.41. The summed E-state index contributed by atoms with van der Waals surface area (Å²) in [6.45, 7) is 8.01. The van der Waals surface area contributed by atoms with E-state index in [1.54, 1.807) is 25.2 Å². The van der Waals surface area contributed by atoms with Crippen molar-refractivity contribution in [3.05, 3.63) is 32.5 Å². The molecule has 0 aliphatic rings. The van der Waals surface area contributed by atoms with Crippen LogP contribution in [0.2, 0.25) is 0 Å². The predicted molar refractivity (Wildman–Crippen MR) is 121 cm³/mol. The number of sulfonamides is 1. The highest BCUT2D eigenvalue weighted by atomic mass is 32.2. The molecule has 0 fully saturated rings. The third-order valence-electron chi connectivity index (χ3n) is 4.70. The Labute approximate surface area is 188 Å². The third kappa shape index (κ3) is 4.63. The van der Waals surface area contributed by atoms with Gasteiger partial charge in [0.25, 0.3) is 15.8 Å². The molecule has 3 heterocycles. The second-order valence-electron chi connectivity index (χ2n) is 6.68. The number of rotatable bonds is 10. The number of aryl methyl sites for hydroxylation is 1. The Hall–Kier alpha value is -2.35. The first-order valence-electron chi connectivity index (χ1n) is 9.73. The maximum atomic E-state index is 12.7. The van der Waals surface area contributed by atoms with E-state index in [1.165, 1.54) is 9.69 Å². The van der Waals surface area contributed by atoms with Crippen LogP contribution < -0.4 is 15.5 Å². The number of nitrogens with one attached hydrogen (secondary N) is 2. The SMILES string of the molecule is CC[C@@H](Nc1no[n+]([O-])c1Nc1csc(S(=O)(=O)N(CC)CC)c1O)c1ccc(C)s1. The summed E-state index contributed by atoms with van der Waals surface area (Å²) < 4.78 is 31.3. The molecular weight excluding hydrogens is 462 g/mol. The lowest BCUT2D eigenvalue weighted by Crippen LogP contribution is -2.30. The average molecular weight is 488 g/mol. The van der Waals surface area contributed by atoms with Crippen molar-refractivity contribution in [3.63, 3.8) is 0 Å². The van der Waals surface area contributed by atoms with Gasteiger partial charge in [0.2, 0.25) is 0 Å². The molecule has 0 spiro atoms. The first-order chi connectivity index (χ1) is 14.7. The van der Waals surface area contributed by atoms with E-state index < -0.39 is 15.8 Å². The standard InChI is InChI=1S/C18H25N5O5S3/c1-5-12(14-9-8-11(4)30-14)19-16-17(23(25)28-21-16)20-13-10-29-18(15(13)24)31(26,27)22(6-2)7-3/h8-10,12,20,24H,5-7H2,1-4H3,(H,19,21)/t12-/m1/s1. The minimum Gasteiger partial charge on any atom is -0.503 e. The number of hydrogen-bond donors (Lipinski definition) is 3. The van der Waals surface area contributed by atoms with Crippen molar-refractivity contribution in [2.45, 2.75) is 44.4 Å². The van der Waals surface area contributed by atoms with Crippen LogP contribution in [0.25, 0.3) is 0 Å². The molecule has 10 nitrogen and oxygen atoms in total. The van der Waals surface area contributed by atoms with Gasteiger partial charge in [-0.15, -0.1) is 22.7 Å². The minimum atomic E-state index is -3.84. The van der Waals surface area contributed by atoms with Gasteiger partial charge in [0.1, 0.15) is 0 Å².